The van der Waals surface area contributed by atoms with Crippen LogP contribution in [0.2, 0.25) is 0 Å². The molecule has 8 heteroatoms. The zero-order valence-electron chi connectivity index (χ0n) is 18.1. The summed E-state index contributed by atoms with van der Waals surface area (Å²) in [5.41, 5.74) is -0.273. The quantitative estimate of drug-likeness (QED) is 0.674. The number of hydrogen-bond donors (Lipinski definition) is 2. The summed E-state index contributed by atoms with van der Waals surface area (Å²) in [6, 6.07) is 7.49. The Bertz CT molecular complexity index is 1070. The van der Waals surface area contributed by atoms with Crippen LogP contribution in [0.5, 0.6) is 5.75 Å². The fourth-order valence-electron chi connectivity index (χ4n) is 3.97. The molecule has 0 unspecified atom stereocenters. The number of benzene rings is 1. The number of fused-ring (bicyclic) bond motifs is 1. The van der Waals surface area contributed by atoms with Crippen molar-refractivity contribution in [2.45, 2.75) is 45.2 Å². The minimum atomic E-state index is -0.795. The van der Waals surface area contributed by atoms with Gasteiger partial charge in [-0.2, -0.15) is 5.26 Å². The molecule has 0 bridgehead atoms. The van der Waals surface area contributed by atoms with Gasteiger partial charge in [-0.25, -0.2) is 0 Å². The fraction of sp³-hybridized carbons (Fsp3) is 0.478. The number of amides is 2. The molecule has 0 spiro atoms. The molecular weight excluding hydrogens is 396 g/mol. The Morgan fingerprint density at radius 2 is 2.13 bits per heavy atom. The number of nitrogens with zero attached hydrogens (tertiary/aromatic N) is 2. The first-order chi connectivity index (χ1) is 14.8. The highest BCUT2D eigenvalue weighted by Crippen LogP contribution is 2.22. The van der Waals surface area contributed by atoms with E-state index in [-0.39, 0.29) is 29.7 Å². The largest absolute Gasteiger partial charge is 0.497 e. The number of hydrogen-bond acceptors (Lipinski definition) is 5. The molecule has 1 aliphatic rings. The summed E-state index contributed by atoms with van der Waals surface area (Å²) in [6.07, 6.45) is 2.96. The van der Waals surface area contributed by atoms with Gasteiger partial charge >= 0.3 is 0 Å². The molecule has 2 amide bonds. The maximum absolute atomic E-state index is 13.2. The van der Waals surface area contributed by atoms with Crippen molar-refractivity contribution in [1.29, 1.82) is 5.26 Å². The van der Waals surface area contributed by atoms with Crippen LogP contribution in [0.15, 0.2) is 35.3 Å². The number of methoxy groups -OCH3 is 1. The second-order valence-corrected chi connectivity index (χ2v) is 8.33. The fourth-order valence-corrected chi connectivity index (χ4v) is 3.97. The summed E-state index contributed by atoms with van der Waals surface area (Å²) in [7, 11) is 1.56. The number of rotatable bonds is 8. The molecule has 8 nitrogen and oxygen atoms in total. The van der Waals surface area contributed by atoms with Gasteiger partial charge < -0.3 is 19.9 Å². The molecule has 0 aliphatic carbocycles. The molecule has 2 aromatic rings. The van der Waals surface area contributed by atoms with Crippen molar-refractivity contribution in [3.8, 4) is 11.8 Å². The molecule has 3 atom stereocenters. The first kappa shape index (κ1) is 22.3. The van der Waals surface area contributed by atoms with Crippen molar-refractivity contribution in [1.82, 2.24) is 15.2 Å². The van der Waals surface area contributed by atoms with Crippen LogP contribution in [0.4, 0.5) is 0 Å². The molecule has 3 rings (SSSR count). The molecule has 164 valence electrons. The molecule has 1 aromatic carbocycles. The lowest BCUT2D eigenvalue weighted by Gasteiger charge is -2.23. The normalized spacial score (nSPS) is 17.8. The Morgan fingerprint density at radius 1 is 1.35 bits per heavy atom. The van der Waals surface area contributed by atoms with E-state index in [1.54, 1.807) is 37.6 Å². The van der Waals surface area contributed by atoms with Crippen molar-refractivity contribution in [2.24, 2.45) is 11.8 Å². The molecule has 1 fully saturated rings. The van der Waals surface area contributed by atoms with Gasteiger partial charge in [-0.3, -0.25) is 14.4 Å². The van der Waals surface area contributed by atoms with Gasteiger partial charge in [0.1, 0.15) is 17.8 Å². The van der Waals surface area contributed by atoms with Crippen LogP contribution in [0, 0.1) is 23.2 Å². The Labute approximate surface area is 181 Å². The standard InChI is InChI=1S/C23H28N4O4/c1-14(2)10-20(22(29)26-17(13-24)11-16-6-8-25-21(16)28)27-9-7-15-12-18(31-3)4-5-19(15)23(27)30/h4-5,7,9,12,14,16-17,20H,6,8,10-11H2,1-3H3,(H,25,28)(H,26,29)/t16-,17-,20-/m0/s1. The third-order valence-corrected chi connectivity index (χ3v) is 5.63. The summed E-state index contributed by atoms with van der Waals surface area (Å²) < 4.78 is 6.65. The van der Waals surface area contributed by atoms with Crippen LogP contribution in [0.25, 0.3) is 10.8 Å². The molecule has 1 aliphatic heterocycles. The van der Waals surface area contributed by atoms with Crippen LogP contribution in [-0.2, 0) is 9.59 Å². The molecule has 2 heterocycles. The van der Waals surface area contributed by atoms with Crippen molar-refractivity contribution < 1.29 is 14.3 Å². The maximum atomic E-state index is 13.2. The highest BCUT2D eigenvalue weighted by Gasteiger charge is 2.30. The summed E-state index contributed by atoms with van der Waals surface area (Å²) >= 11 is 0. The predicted octanol–water partition coefficient (Wildman–Crippen LogP) is 2.13. The average molecular weight is 425 g/mol. The first-order valence-corrected chi connectivity index (χ1v) is 10.5. The molecule has 1 saturated heterocycles. The smallest absolute Gasteiger partial charge is 0.259 e. The Hall–Kier alpha value is -3.34. The van der Waals surface area contributed by atoms with Crippen molar-refractivity contribution in [3.05, 3.63) is 40.8 Å². The summed E-state index contributed by atoms with van der Waals surface area (Å²) in [5, 5.41) is 16.2. The second-order valence-electron chi connectivity index (χ2n) is 8.33. The van der Waals surface area contributed by atoms with Crippen LogP contribution in [0.3, 0.4) is 0 Å². The Kier molecular flexibility index (Phi) is 6.95. The van der Waals surface area contributed by atoms with Crippen molar-refractivity contribution >= 4 is 22.6 Å². The maximum Gasteiger partial charge on any atom is 0.259 e. The highest BCUT2D eigenvalue weighted by molar-refractivity contribution is 5.85. The van der Waals surface area contributed by atoms with Gasteiger partial charge in [-0.15, -0.1) is 0 Å². The van der Waals surface area contributed by atoms with Crippen LogP contribution in [0.1, 0.15) is 39.2 Å². The minimum absolute atomic E-state index is 0.0885. The molecular formula is C23H28N4O4. The van der Waals surface area contributed by atoms with Gasteiger partial charge in [0.15, 0.2) is 0 Å². The van der Waals surface area contributed by atoms with E-state index in [0.717, 1.165) is 5.39 Å². The van der Waals surface area contributed by atoms with Gasteiger partial charge in [0.05, 0.1) is 13.2 Å². The number of nitriles is 1. The van der Waals surface area contributed by atoms with Gasteiger partial charge in [0, 0.05) is 24.0 Å². The second kappa shape index (κ2) is 9.65. The number of ether oxygens (including phenoxy) is 1. The molecule has 1 aromatic heterocycles. The number of aromatic nitrogens is 1. The van der Waals surface area contributed by atoms with Gasteiger partial charge in [0.2, 0.25) is 11.8 Å². The van der Waals surface area contributed by atoms with Gasteiger partial charge in [-0.05, 0) is 54.8 Å². The Morgan fingerprint density at radius 3 is 2.74 bits per heavy atom. The molecule has 31 heavy (non-hydrogen) atoms. The third-order valence-electron chi connectivity index (χ3n) is 5.63. The van der Waals surface area contributed by atoms with Crippen molar-refractivity contribution in [3.63, 3.8) is 0 Å². The van der Waals surface area contributed by atoms with E-state index in [2.05, 4.69) is 16.7 Å². The lowest BCUT2D eigenvalue weighted by Crippen LogP contribution is -2.43. The minimum Gasteiger partial charge on any atom is -0.497 e. The van der Waals surface area contributed by atoms with E-state index in [9.17, 15) is 19.6 Å². The predicted molar refractivity (Wildman–Crippen MR) is 117 cm³/mol. The van der Waals surface area contributed by atoms with Crippen LogP contribution in [-0.4, -0.2) is 36.1 Å². The zero-order chi connectivity index (χ0) is 22.5. The number of carbonyl (C=O) groups is 2. The molecule has 0 saturated carbocycles. The summed E-state index contributed by atoms with van der Waals surface area (Å²) in [6.45, 7) is 4.53. The first-order valence-electron chi connectivity index (χ1n) is 10.5. The lowest BCUT2D eigenvalue weighted by molar-refractivity contribution is -0.126. The zero-order valence-corrected chi connectivity index (χ0v) is 18.1. The summed E-state index contributed by atoms with van der Waals surface area (Å²) in [4.78, 5) is 38.1. The number of carbonyl (C=O) groups excluding carboxylic acids is 2. The van der Waals surface area contributed by atoms with E-state index in [0.29, 0.717) is 30.5 Å². The van der Waals surface area contributed by atoms with Crippen LogP contribution < -0.4 is 20.9 Å². The van der Waals surface area contributed by atoms with E-state index >= 15 is 0 Å². The monoisotopic (exact) mass is 424 g/mol. The van der Waals surface area contributed by atoms with E-state index < -0.39 is 18.0 Å². The van der Waals surface area contributed by atoms with E-state index in [1.165, 1.54) is 4.57 Å². The average Bonchev–Trinajstić information content (AvgIpc) is 3.15. The van der Waals surface area contributed by atoms with E-state index in [1.807, 2.05) is 13.8 Å². The van der Waals surface area contributed by atoms with Gasteiger partial charge in [-0.1, -0.05) is 13.8 Å². The summed E-state index contributed by atoms with van der Waals surface area (Å²) in [5.74, 6) is 0.0270. The number of pyridine rings is 1. The SMILES string of the molecule is COc1ccc2c(=O)n([C@@H](CC(C)C)C(=O)N[C@H](C#N)C[C@@H]3CCNC3=O)ccc2c1. The topological polar surface area (TPSA) is 113 Å². The van der Waals surface area contributed by atoms with Crippen LogP contribution >= 0.6 is 0 Å². The Balaban J connectivity index is 1.88. The van der Waals surface area contributed by atoms with E-state index in [4.69, 9.17) is 4.74 Å². The molecule has 2 N–H and O–H groups in total. The lowest BCUT2D eigenvalue weighted by atomic mass is 9.98. The van der Waals surface area contributed by atoms with Gasteiger partial charge in [0.25, 0.3) is 5.56 Å². The number of nitrogens with one attached hydrogen (secondary N) is 2. The molecule has 0 radical (unpaired) electrons. The third kappa shape index (κ3) is 5.05. The van der Waals surface area contributed by atoms with Crippen molar-refractivity contribution in [2.75, 3.05) is 13.7 Å². The highest BCUT2D eigenvalue weighted by atomic mass is 16.5.